The van der Waals surface area contributed by atoms with E-state index < -0.39 is 0 Å². The van der Waals surface area contributed by atoms with Gasteiger partial charge in [-0.2, -0.15) is 10.2 Å². The lowest BCUT2D eigenvalue weighted by Gasteiger charge is -2.42. The molecule has 2 atom stereocenters. The molecule has 0 bridgehead atoms. The van der Waals surface area contributed by atoms with Crippen molar-refractivity contribution in [2.45, 2.75) is 70.0 Å². The van der Waals surface area contributed by atoms with Crippen LogP contribution in [0.15, 0.2) is 15.3 Å². The molecule has 0 aliphatic heterocycles. The van der Waals surface area contributed by atoms with E-state index >= 15 is 0 Å². The van der Waals surface area contributed by atoms with Gasteiger partial charge in [0.2, 0.25) is 5.66 Å². The Bertz CT molecular complexity index is 337. The highest BCUT2D eigenvalue weighted by atomic mass is 15.4. The minimum atomic E-state index is -0.356. The van der Waals surface area contributed by atoms with Crippen molar-refractivity contribution in [3.63, 3.8) is 0 Å². The Hall–Kier alpha value is -1.24. The maximum Gasteiger partial charge on any atom is 0.210 e. The second kappa shape index (κ2) is 10.5. The number of unbranched alkanes of at least 4 members (excludes halogenated alkanes) is 1. The van der Waals surface area contributed by atoms with Crippen LogP contribution in [-0.2, 0) is 0 Å². The van der Waals surface area contributed by atoms with E-state index in [0.717, 1.165) is 51.4 Å². The molecule has 0 aromatic rings. The zero-order valence-corrected chi connectivity index (χ0v) is 14.7. The fourth-order valence-electron chi connectivity index (χ4n) is 2.92. The van der Waals surface area contributed by atoms with Gasteiger partial charge in [-0.1, -0.05) is 6.92 Å². The highest BCUT2D eigenvalue weighted by Gasteiger charge is 2.41. The third-order valence-corrected chi connectivity index (χ3v) is 4.46. The van der Waals surface area contributed by atoms with Crippen molar-refractivity contribution in [2.24, 2.45) is 15.3 Å². The fourth-order valence-corrected chi connectivity index (χ4v) is 2.92. The van der Waals surface area contributed by atoms with Crippen molar-refractivity contribution in [1.82, 2.24) is 0 Å². The smallest absolute Gasteiger partial charge is 0.210 e. The molecule has 0 saturated carbocycles. The van der Waals surface area contributed by atoms with Gasteiger partial charge in [-0.25, -0.2) is 16.6 Å². The van der Waals surface area contributed by atoms with Gasteiger partial charge in [0, 0.05) is 12.8 Å². The van der Waals surface area contributed by atoms with Crippen molar-refractivity contribution in [1.29, 1.82) is 16.6 Å². The van der Waals surface area contributed by atoms with E-state index in [0.29, 0.717) is 11.0 Å². The van der Waals surface area contributed by atoms with Crippen molar-refractivity contribution < 1.29 is 4.48 Å². The first-order chi connectivity index (χ1) is 10.4. The van der Waals surface area contributed by atoms with Gasteiger partial charge in [-0.15, -0.1) is 5.11 Å². The molecule has 0 spiro atoms. The molecule has 0 aliphatic carbocycles. The Morgan fingerprint density at radius 1 is 0.955 bits per heavy atom. The van der Waals surface area contributed by atoms with Gasteiger partial charge in [-0.3, -0.25) is 0 Å². The molecule has 0 amide bonds. The summed E-state index contributed by atoms with van der Waals surface area (Å²) in [5.41, 5.74) is 21.4. The van der Waals surface area contributed by atoms with Crippen LogP contribution < -0.4 is 0 Å². The van der Waals surface area contributed by atoms with E-state index in [9.17, 15) is 0 Å². The summed E-state index contributed by atoms with van der Waals surface area (Å²) in [5.74, 6) is 0. The number of hydrogen-bond donors (Lipinski definition) is 3. The molecule has 0 aliphatic rings. The summed E-state index contributed by atoms with van der Waals surface area (Å²) in [5, 5.41) is 11.1. The van der Waals surface area contributed by atoms with E-state index in [1.165, 1.54) is 0 Å². The first-order valence-electron chi connectivity index (χ1n) is 8.26. The van der Waals surface area contributed by atoms with Crippen LogP contribution in [-0.4, -0.2) is 43.9 Å². The first kappa shape index (κ1) is 20.8. The number of hydrogen-bond acceptors (Lipinski definition) is 6. The van der Waals surface area contributed by atoms with E-state index in [2.05, 4.69) is 43.4 Å². The molecule has 0 fully saturated rings. The fraction of sp³-hybridized carbons (Fsp3) is 1.00. The zero-order chi connectivity index (χ0) is 17.1. The summed E-state index contributed by atoms with van der Waals surface area (Å²) in [6.07, 6.45) is 7.36. The Labute approximate surface area is 135 Å². The molecule has 0 saturated heterocycles. The van der Waals surface area contributed by atoms with Crippen LogP contribution in [0.1, 0.15) is 58.3 Å². The van der Waals surface area contributed by atoms with Gasteiger partial charge in [0.1, 0.15) is 0 Å². The summed E-state index contributed by atoms with van der Waals surface area (Å²) in [4.78, 5) is 0. The summed E-state index contributed by atoms with van der Waals surface area (Å²) in [6, 6.07) is 0.0586. The van der Waals surface area contributed by atoms with Crippen LogP contribution in [0, 0.1) is 16.6 Å². The van der Waals surface area contributed by atoms with Gasteiger partial charge in [0.05, 0.1) is 33.7 Å². The molecule has 128 valence electrons. The average molecular weight is 312 g/mol. The SMILES string of the molecule is CCCC(CCCC(CCCCN=N)N=N)(N=N)[N+](C)(C)C. The number of quaternary nitrogens is 1. The zero-order valence-electron chi connectivity index (χ0n) is 14.7. The van der Waals surface area contributed by atoms with Gasteiger partial charge in [0.25, 0.3) is 0 Å². The van der Waals surface area contributed by atoms with Gasteiger partial charge in [0.15, 0.2) is 0 Å². The van der Waals surface area contributed by atoms with Crippen LogP contribution in [0.3, 0.4) is 0 Å². The lowest BCUT2D eigenvalue weighted by atomic mass is 9.92. The molecular formula is C15H34N7+. The third kappa shape index (κ3) is 6.68. The molecule has 0 rings (SSSR count). The van der Waals surface area contributed by atoms with Crippen molar-refractivity contribution >= 4 is 0 Å². The van der Waals surface area contributed by atoms with Crippen molar-refractivity contribution in [3.8, 4) is 0 Å². The van der Waals surface area contributed by atoms with Crippen LogP contribution in [0.2, 0.25) is 0 Å². The molecule has 0 heterocycles. The Morgan fingerprint density at radius 2 is 1.59 bits per heavy atom. The monoisotopic (exact) mass is 312 g/mol. The van der Waals surface area contributed by atoms with Gasteiger partial charge < -0.3 is 4.48 Å². The summed E-state index contributed by atoms with van der Waals surface area (Å²) in [6.45, 7) is 2.71. The minimum Gasteiger partial charge on any atom is -0.306 e. The molecule has 0 radical (unpaired) electrons. The highest BCUT2D eigenvalue weighted by Crippen LogP contribution is 2.32. The van der Waals surface area contributed by atoms with Gasteiger partial charge in [-0.05, 0) is 38.5 Å². The van der Waals surface area contributed by atoms with Crippen LogP contribution in [0.5, 0.6) is 0 Å². The largest absolute Gasteiger partial charge is 0.306 e. The normalized spacial score (nSPS) is 15.8. The summed E-state index contributed by atoms with van der Waals surface area (Å²) < 4.78 is 0.665. The lowest BCUT2D eigenvalue weighted by molar-refractivity contribution is -0.925. The Balaban J connectivity index is 4.43. The molecule has 0 aromatic carbocycles. The molecule has 2 unspecified atom stereocenters. The molecule has 22 heavy (non-hydrogen) atoms. The molecule has 0 aromatic heterocycles. The number of rotatable bonds is 14. The molecular weight excluding hydrogens is 278 g/mol. The minimum absolute atomic E-state index is 0.0586. The lowest BCUT2D eigenvalue weighted by Crippen LogP contribution is -2.55. The predicted molar refractivity (Wildman–Crippen MR) is 87.5 cm³/mol. The summed E-state index contributed by atoms with van der Waals surface area (Å²) in [7, 11) is 6.30. The van der Waals surface area contributed by atoms with E-state index in [-0.39, 0.29) is 11.7 Å². The molecule has 3 N–H and O–H groups in total. The van der Waals surface area contributed by atoms with Gasteiger partial charge >= 0.3 is 0 Å². The molecule has 7 heteroatoms. The van der Waals surface area contributed by atoms with Crippen molar-refractivity contribution in [3.05, 3.63) is 0 Å². The van der Waals surface area contributed by atoms with E-state index in [1.807, 2.05) is 0 Å². The summed E-state index contributed by atoms with van der Waals surface area (Å²) >= 11 is 0. The number of nitrogens with zero attached hydrogens (tertiary/aromatic N) is 4. The van der Waals surface area contributed by atoms with Crippen molar-refractivity contribution in [2.75, 3.05) is 27.7 Å². The average Bonchev–Trinajstić information content (AvgIpc) is 2.47. The Kier molecular flexibility index (Phi) is 9.89. The number of nitrogens with one attached hydrogen (secondary N) is 3. The maximum atomic E-state index is 7.68. The highest BCUT2D eigenvalue weighted by molar-refractivity contribution is 4.77. The van der Waals surface area contributed by atoms with Crippen LogP contribution in [0.25, 0.3) is 0 Å². The Morgan fingerprint density at radius 3 is 2.05 bits per heavy atom. The first-order valence-corrected chi connectivity index (χ1v) is 8.26. The molecule has 7 nitrogen and oxygen atoms in total. The van der Waals surface area contributed by atoms with Crippen LogP contribution in [0.4, 0.5) is 0 Å². The maximum absolute atomic E-state index is 7.68. The second-order valence-corrected chi connectivity index (χ2v) is 6.91. The standard InChI is InChI=1S/C15H34N7/c1-5-11-15(21-18,22(2,3)4)12-8-10-14(20-17)9-6-7-13-19-16/h14,16-18H,5-13H2,1-4H3/q+1. The predicted octanol–water partition coefficient (Wildman–Crippen LogP) is 4.99. The van der Waals surface area contributed by atoms with E-state index in [4.69, 9.17) is 16.6 Å². The van der Waals surface area contributed by atoms with E-state index in [1.54, 1.807) is 0 Å². The second-order valence-electron chi connectivity index (χ2n) is 6.91. The van der Waals surface area contributed by atoms with Crippen LogP contribution >= 0.6 is 0 Å². The topological polar surface area (TPSA) is 109 Å². The third-order valence-electron chi connectivity index (χ3n) is 4.46. The quantitative estimate of drug-likeness (QED) is 0.228.